The van der Waals surface area contributed by atoms with Crippen LogP contribution in [0.1, 0.15) is 32.1 Å². The Morgan fingerprint density at radius 1 is 1.06 bits per heavy atom. The van der Waals surface area contributed by atoms with Gasteiger partial charge in [-0.3, -0.25) is 4.79 Å². The van der Waals surface area contributed by atoms with Crippen molar-refractivity contribution in [1.29, 1.82) is 0 Å². The molecule has 1 saturated carbocycles. The molecule has 3 fully saturated rings. The molecule has 3 rings (SSSR count). The Hall–Kier alpha value is -0.610. The van der Waals surface area contributed by atoms with Gasteiger partial charge in [-0.2, -0.15) is 0 Å². The molecule has 17 heavy (non-hydrogen) atoms. The monoisotopic (exact) mass is 238 g/mol. The lowest BCUT2D eigenvalue weighted by atomic mass is 10.0. The minimum atomic E-state index is 0.235. The van der Waals surface area contributed by atoms with Crippen LogP contribution in [0, 0.1) is 5.92 Å². The molecule has 0 radical (unpaired) electrons. The minimum absolute atomic E-state index is 0.235. The summed E-state index contributed by atoms with van der Waals surface area (Å²) in [5.41, 5.74) is 0. The predicted octanol–water partition coefficient (Wildman–Crippen LogP) is 0.766. The number of carbonyl (C=O) groups is 1. The van der Waals surface area contributed by atoms with Gasteiger partial charge in [0, 0.05) is 31.8 Å². The molecule has 1 N–H and O–H groups in total. The van der Waals surface area contributed by atoms with Gasteiger partial charge in [0.2, 0.25) is 5.91 Å². The van der Waals surface area contributed by atoms with Crippen molar-refractivity contribution >= 4 is 5.91 Å². The molecule has 1 aliphatic carbocycles. The van der Waals surface area contributed by atoms with Crippen LogP contribution < -0.4 is 5.32 Å². The lowest BCUT2D eigenvalue weighted by Gasteiger charge is -2.36. The van der Waals surface area contributed by atoms with Crippen molar-refractivity contribution in [3.05, 3.63) is 0 Å². The van der Waals surface area contributed by atoms with Gasteiger partial charge in [0.15, 0.2) is 0 Å². The number of hydrogen-bond acceptors (Lipinski definition) is 3. The molecular formula is C13H22N2O2. The third kappa shape index (κ3) is 2.47. The zero-order chi connectivity index (χ0) is 11.7. The standard InChI is InChI=1S/C13H22N2O2/c16-13(10-3-6-14-9-10)15(11-1-2-11)12-4-7-17-8-5-12/h10-12,14H,1-9H2/t10-/m0/s1. The Bertz CT molecular complexity index is 279. The second kappa shape index (κ2) is 4.94. The fraction of sp³-hybridized carbons (Fsp3) is 0.923. The number of amides is 1. The van der Waals surface area contributed by atoms with E-state index >= 15 is 0 Å². The summed E-state index contributed by atoms with van der Waals surface area (Å²) in [4.78, 5) is 14.8. The van der Waals surface area contributed by atoms with Crippen molar-refractivity contribution in [3.8, 4) is 0 Å². The van der Waals surface area contributed by atoms with Crippen LogP contribution in [0.25, 0.3) is 0 Å². The third-order valence-electron chi connectivity index (χ3n) is 4.19. The van der Waals surface area contributed by atoms with E-state index in [4.69, 9.17) is 4.74 Å². The van der Waals surface area contributed by atoms with Crippen molar-refractivity contribution in [3.63, 3.8) is 0 Å². The molecular weight excluding hydrogens is 216 g/mol. The molecule has 0 aromatic heterocycles. The van der Waals surface area contributed by atoms with Gasteiger partial charge in [-0.25, -0.2) is 0 Å². The van der Waals surface area contributed by atoms with Crippen LogP contribution in [-0.4, -0.2) is 49.2 Å². The zero-order valence-corrected chi connectivity index (χ0v) is 10.4. The summed E-state index contributed by atoms with van der Waals surface area (Å²) in [6, 6.07) is 0.996. The number of rotatable bonds is 3. The highest BCUT2D eigenvalue weighted by Gasteiger charge is 2.40. The maximum atomic E-state index is 12.6. The SMILES string of the molecule is O=C([C@H]1CCNC1)N(C1CCOCC1)C1CC1. The maximum absolute atomic E-state index is 12.6. The highest BCUT2D eigenvalue weighted by Crippen LogP contribution is 2.33. The van der Waals surface area contributed by atoms with Crippen molar-refractivity contribution in [2.75, 3.05) is 26.3 Å². The highest BCUT2D eigenvalue weighted by molar-refractivity contribution is 5.80. The molecule has 2 aliphatic heterocycles. The van der Waals surface area contributed by atoms with Crippen LogP contribution in [0.3, 0.4) is 0 Å². The second-order valence-electron chi connectivity index (χ2n) is 5.51. The van der Waals surface area contributed by atoms with E-state index in [9.17, 15) is 4.79 Å². The summed E-state index contributed by atoms with van der Waals surface area (Å²) in [7, 11) is 0. The largest absolute Gasteiger partial charge is 0.381 e. The highest BCUT2D eigenvalue weighted by atomic mass is 16.5. The fourth-order valence-electron chi connectivity index (χ4n) is 3.05. The number of ether oxygens (including phenoxy) is 1. The van der Waals surface area contributed by atoms with Gasteiger partial charge in [-0.15, -0.1) is 0 Å². The summed E-state index contributed by atoms with van der Waals surface area (Å²) in [5, 5.41) is 3.30. The number of nitrogens with one attached hydrogen (secondary N) is 1. The number of nitrogens with zero attached hydrogens (tertiary/aromatic N) is 1. The summed E-state index contributed by atoms with van der Waals surface area (Å²) < 4.78 is 5.40. The second-order valence-corrected chi connectivity index (χ2v) is 5.51. The molecule has 4 nitrogen and oxygen atoms in total. The van der Waals surface area contributed by atoms with Crippen molar-refractivity contribution in [2.45, 2.75) is 44.2 Å². The van der Waals surface area contributed by atoms with Crippen LogP contribution in [0.4, 0.5) is 0 Å². The number of hydrogen-bond donors (Lipinski definition) is 1. The molecule has 0 aromatic carbocycles. The first-order valence-electron chi connectivity index (χ1n) is 6.97. The lowest BCUT2D eigenvalue weighted by Crippen LogP contribution is -2.47. The average molecular weight is 238 g/mol. The van der Waals surface area contributed by atoms with Gasteiger partial charge >= 0.3 is 0 Å². The van der Waals surface area contributed by atoms with E-state index < -0.39 is 0 Å². The van der Waals surface area contributed by atoms with Crippen LogP contribution in [0.2, 0.25) is 0 Å². The Balaban J connectivity index is 1.67. The smallest absolute Gasteiger partial charge is 0.227 e. The first-order chi connectivity index (χ1) is 8.36. The average Bonchev–Trinajstić information content (AvgIpc) is 3.04. The first-order valence-corrected chi connectivity index (χ1v) is 6.97. The van der Waals surface area contributed by atoms with Crippen LogP contribution >= 0.6 is 0 Å². The van der Waals surface area contributed by atoms with E-state index in [1.807, 2.05) is 0 Å². The van der Waals surface area contributed by atoms with Crippen molar-refractivity contribution in [1.82, 2.24) is 10.2 Å². The van der Waals surface area contributed by atoms with Gasteiger partial charge < -0.3 is 15.0 Å². The number of carbonyl (C=O) groups excluding carboxylic acids is 1. The Labute approximate surface area is 103 Å². The maximum Gasteiger partial charge on any atom is 0.227 e. The zero-order valence-electron chi connectivity index (χ0n) is 10.4. The van der Waals surface area contributed by atoms with Gasteiger partial charge in [-0.05, 0) is 38.6 Å². The molecule has 0 unspecified atom stereocenters. The fourth-order valence-corrected chi connectivity index (χ4v) is 3.05. The molecule has 96 valence electrons. The molecule has 1 atom stereocenters. The predicted molar refractivity (Wildman–Crippen MR) is 64.7 cm³/mol. The van der Waals surface area contributed by atoms with Crippen molar-refractivity contribution < 1.29 is 9.53 Å². The quantitative estimate of drug-likeness (QED) is 0.789. The van der Waals surface area contributed by atoms with E-state index in [-0.39, 0.29) is 5.92 Å². The lowest BCUT2D eigenvalue weighted by molar-refractivity contribution is -0.140. The molecule has 0 aromatic rings. The third-order valence-corrected chi connectivity index (χ3v) is 4.19. The molecule has 2 heterocycles. The van der Waals surface area contributed by atoms with Gasteiger partial charge in [-0.1, -0.05) is 0 Å². The van der Waals surface area contributed by atoms with Gasteiger partial charge in [0.05, 0.1) is 5.92 Å². The Morgan fingerprint density at radius 3 is 2.35 bits per heavy atom. The van der Waals surface area contributed by atoms with Crippen LogP contribution in [0.5, 0.6) is 0 Å². The molecule has 3 aliphatic rings. The van der Waals surface area contributed by atoms with Crippen LogP contribution in [-0.2, 0) is 9.53 Å². The summed E-state index contributed by atoms with van der Waals surface area (Å²) in [5.74, 6) is 0.642. The molecule has 1 amide bonds. The van der Waals surface area contributed by atoms with E-state index in [1.165, 1.54) is 12.8 Å². The van der Waals surface area contributed by atoms with Gasteiger partial charge in [0.1, 0.15) is 0 Å². The molecule has 2 saturated heterocycles. The molecule has 0 spiro atoms. The summed E-state index contributed by atoms with van der Waals surface area (Å²) >= 11 is 0. The topological polar surface area (TPSA) is 41.6 Å². The van der Waals surface area contributed by atoms with E-state index in [0.29, 0.717) is 18.0 Å². The first kappa shape index (κ1) is 11.5. The normalized spacial score (nSPS) is 30.5. The molecule has 0 bridgehead atoms. The Morgan fingerprint density at radius 2 is 1.76 bits per heavy atom. The summed E-state index contributed by atoms with van der Waals surface area (Å²) in [6.45, 7) is 3.53. The minimum Gasteiger partial charge on any atom is -0.381 e. The van der Waals surface area contributed by atoms with Gasteiger partial charge in [0.25, 0.3) is 0 Å². The Kier molecular flexibility index (Phi) is 3.34. The van der Waals surface area contributed by atoms with E-state index in [2.05, 4.69) is 10.2 Å². The van der Waals surface area contributed by atoms with E-state index in [0.717, 1.165) is 45.6 Å². The van der Waals surface area contributed by atoms with Crippen molar-refractivity contribution in [2.24, 2.45) is 5.92 Å². The van der Waals surface area contributed by atoms with E-state index in [1.54, 1.807) is 0 Å². The molecule has 4 heteroatoms. The summed E-state index contributed by atoms with van der Waals surface area (Å²) in [6.07, 6.45) is 5.50. The van der Waals surface area contributed by atoms with Crippen LogP contribution in [0.15, 0.2) is 0 Å².